The van der Waals surface area contributed by atoms with Crippen molar-refractivity contribution in [3.63, 3.8) is 0 Å². The lowest BCUT2D eigenvalue weighted by molar-refractivity contribution is 0.222. The van der Waals surface area contributed by atoms with Gasteiger partial charge in [0.05, 0.1) is 18.0 Å². The molecule has 1 atom stereocenters. The molecule has 9 heteroatoms. The molecule has 0 aliphatic heterocycles. The van der Waals surface area contributed by atoms with Crippen molar-refractivity contribution in [3.8, 4) is 5.75 Å². The van der Waals surface area contributed by atoms with Gasteiger partial charge in [-0.2, -0.15) is 0 Å². The molecule has 30 heavy (non-hydrogen) atoms. The minimum Gasteiger partial charge on any atom is -0.489 e. The van der Waals surface area contributed by atoms with Crippen LogP contribution in [0.5, 0.6) is 5.75 Å². The Bertz CT molecular complexity index is 918. The molecule has 0 spiro atoms. The van der Waals surface area contributed by atoms with Crippen LogP contribution in [0, 0.1) is 6.92 Å². The molecule has 0 saturated carbocycles. The minimum atomic E-state index is -3.43. The van der Waals surface area contributed by atoms with Gasteiger partial charge in [-0.05, 0) is 57.1 Å². The van der Waals surface area contributed by atoms with Crippen LogP contribution in [0.2, 0.25) is 0 Å². The molecule has 2 rings (SSSR count). The second kappa shape index (κ2) is 12.8. The van der Waals surface area contributed by atoms with E-state index < -0.39 is 10.0 Å². The van der Waals surface area contributed by atoms with Gasteiger partial charge in [0.1, 0.15) is 11.9 Å². The van der Waals surface area contributed by atoms with Gasteiger partial charge in [0.15, 0.2) is 5.96 Å². The van der Waals surface area contributed by atoms with E-state index in [9.17, 15) is 8.42 Å². The lowest BCUT2D eigenvalue weighted by Crippen LogP contribution is -2.41. The molecular formula is C21H31IN4O3S. The van der Waals surface area contributed by atoms with Gasteiger partial charge in [-0.25, -0.2) is 18.1 Å². The Labute approximate surface area is 196 Å². The first-order valence-electron chi connectivity index (χ1n) is 9.62. The van der Waals surface area contributed by atoms with Crippen molar-refractivity contribution in [3.05, 3.63) is 59.7 Å². The third kappa shape index (κ3) is 8.11. The Morgan fingerprint density at radius 2 is 1.77 bits per heavy atom. The average molecular weight is 546 g/mol. The number of rotatable bonds is 9. The summed E-state index contributed by atoms with van der Waals surface area (Å²) in [5, 5.41) is 6.49. The number of aliphatic imine (C=N–C) groups is 1. The number of benzene rings is 2. The van der Waals surface area contributed by atoms with Crippen LogP contribution >= 0.6 is 24.0 Å². The largest absolute Gasteiger partial charge is 0.489 e. The number of guanidine groups is 1. The molecule has 2 aromatic carbocycles. The van der Waals surface area contributed by atoms with Gasteiger partial charge in [0.25, 0.3) is 0 Å². The Hall–Kier alpha value is -1.85. The van der Waals surface area contributed by atoms with Crippen molar-refractivity contribution in [1.29, 1.82) is 0 Å². The molecule has 0 heterocycles. The molecule has 0 amide bonds. The summed E-state index contributed by atoms with van der Waals surface area (Å²) in [4.78, 5) is 4.80. The van der Waals surface area contributed by atoms with Crippen molar-refractivity contribution in [2.24, 2.45) is 4.99 Å². The SMILES string of the molecule is CCNC(=NCc1ccc(S(=O)(=O)NC)cc1)NCC(C)Oc1ccccc1C.I. The molecule has 0 fully saturated rings. The Morgan fingerprint density at radius 3 is 2.37 bits per heavy atom. The quantitative estimate of drug-likeness (QED) is 0.256. The van der Waals surface area contributed by atoms with Crippen molar-refractivity contribution < 1.29 is 13.2 Å². The van der Waals surface area contributed by atoms with E-state index in [1.165, 1.54) is 7.05 Å². The van der Waals surface area contributed by atoms with Gasteiger partial charge in [-0.3, -0.25) is 0 Å². The molecular weight excluding hydrogens is 515 g/mol. The third-order valence-electron chi connectivity index (χ3n) is 4.25. The second-order valence-corrected chi connectivity index (χ2v) is 8.51. The average Bonchev–Trinajstić information content (AvgIpc) is 2.72. The Kier molecular flexibility index (Phi) is 11.1. The predicted octanol–water partition coefficient (Wildman–Crippen LogP) is 3.04. The zero-order valence-corrected chi connectivity index (χ0v) is 21.0. The number of hydrogen-bond acceptors (Lipinski definition) is 4. The van der Waals surface area contributed by atoms with E-state index in [1.807, 2.05) is 45.0 Å². The molecule has 0 bridgehead atoms. The molecule has 0 aliphatic rings. The van der Waals surface area contributed by atoms with Gasteiger partial charge in [-0.15, -0.1) is 24.0 Å². The predicted molar refractivity (Wildman–Crippen MR) is 132 cm³/mol. The normalized spacial score (nSPS) is 12.6. The van der Waals surface area contributed by atoms with Crippen molar-refractivity contribution in [2.45, 2.75) is 38.3 Å². The molecule has 0 aliphatic carbocycles. The lowest BCUT2D eigenvalue weighted by atomic mass is 10.2. The zero-order chi connectivity index (χ0) is 21.3. The number of nitrogens with zero attached hydrogens (tertiary/aromatic N) is 1. The number of para-hydroxylation sites is 1. The summed E-state index contributed by atoms with van der Waals surface area (Å²) in [6, 6.07) is 14.6. The van der Waals surface area contributed by atoms with E-state index in [4.69, 9.17) is 4.74 Å². The highest BCUT2D eigenvalue weighted by Gasteiger charge is 2.10. The van der Waals surface area contributed by atoms with Crippen LogP contribution in [0.1, 0.15) is 25.0 Å². The van der Waals surface area contributed by atoms with Crippen LogP contribution in [0.3, 0.4) is 0 Å². The summed E-state index contributed by atoms with van der Waals surface area (Å²) in [5.74, 6) is 1.56. The summed E-state index contributed by atoms with van der Waals surface area (Å²) in [5.41, 5.74) is 2.02. The van der Waals surface area contributed by atoms with Gasteiger partial charge in [-0.1, -0.05) is 30.3 Å². The number of aryl methyl sites for hydroxylation is 1. The molecule has 166 valence electrons. The fourth-order valence-electron chi connectivity index (χ4n) is 2.59. The summed E-state index contributed by atoms with van der Waals surface area (Å²) < 4.78 is 31.9. The van der Waals surface area contributed by atoms with Crippen LogP contribution in [0.4, 0.5) is 0 Å². The molecule has 7 nitrogen and oxygen atoms in total. The molecule has 0 radical (unpaired) electrons. The van der Waals surface area contributed by atoms with Crippen LogP contribution in [-0.4, -0.2) is 40.6 Å². The summed E-state index contributed by atoms with van der Waals surface area (Å²) in [6.07, 6.45) is -0.0361. The number of sulfonamides is 1. The molecule has 0 aromatic heterocycles. The third-order valence-corrected chi connectivity index (χ3v) is 5.68. The van der Waals surface area contributed by atoms with Crippen LogP contribution in [-0.2, 0) is 16.6 Å². The standard InChI is InChI=1S/C21H30N4O3S.HI/c1-5-23-21(24-14-17(3)28-20-9-7-6-8-16(20)2)25-15-18-10-12-19(13-11-18)29(26,27)22-4;/h6-13,17,22H,5,14-15H2,1-4H3,(H2,23,24,25);1H. The van der Waals surface area contributed by atoms with Crippen LogP contribution in [0.25, 0.3) is 0 Å². The van der Waals surface area contributed by atoms with Gasteiger partial charge < -0.3 is 15.4 Å². The Morgan fingerprint density at radius 1 is 1.10 bits per heavy atom. The maximum Gasteiger partial charge on any atom is 0.240 e. The van der Waals surface area contributed by atoms with Crippen molar-refractivity contribution in [2.75, 3.05) is 20.1 Å². The highest BCUT2D eigenvalue weighted by Crippen LogP contribution is 2.17. The first-order valence-corrected chi connectivity index (χ1v) is 11.1. The van der Waals surface area contributed by atoms with E-state index in [0.29, 0.717) is 19.0 Å². The van der Waals surface area contributed by atoms with E-state index >= 15 is 0 Å². The molecule has 2 aromatic rings. The number of nitrogens with one attached hydrogen (secondary N) is 3. The first-order chi connectivity index (χ1) is 13.9. The summed E-state index contributed by atoms with van der Waals surface area (Å²) in [6.45, 7) is 7.79. The highest BCUT2D eigenvalue weighted by atomic mass is 127. The van der Waals surface area contributed by atoms with Gasteiger partial charge in [0.2, 0.25) is 10.0 Å². The van der Waals surface area contributed by atoms with E-state index in [0.717, 1.165) is 23.4 Å². The zero-order valence-electron chi connectivity index (χ0n) is 17.8. The fourth-order valence-corrected chi connectivity index (χ4v) is 3.32. The first kappa shape index (κ1) is 26.2. The number of halogens is 1. The number of ether oxygens (including phenoxy) is 1. The molecule has 0 saturated heterocycles. The van der Waals surface area contributed by atoms with Crippen molar-refractivity contribution >= 4 is 40.0 Å². The summed E-state index contributed by atoms with van der Waals surface area (Å²) >= 11 is 0. The van der Waals surface area contributed by atoms with Gasteiger partial charge in [0, 0.05) is 6.54 Å². The summed E-state index contributed by atoms with van der Waals surface area (Å²) in [7, 11) is -2.03. The van der Waals surface area contributed by atoms with Gasteiger partial charge >= 0.3 is 0 Å². The smallest absolute Gasteiger partial charge is 0.240 e. The van der Waals surface area contributed by atoms with E-state index in [2.05, 4.69) is 20.3 Å². The maximum absolute atomic E-state index is 11.8. The van der Waals surface area contributed by atoms with E-state index in [-0.39, 0.29) is 35.0 Å². The minimum absolute atomic E-state index is 0. The van der Waals surface area contributed by atoms with Crippen molar-refractivity contribution in [1.82, 2.24) is 15.4 Å². The molecule has 1 unspecified atom stereocenters. The van der Waals surface area contributed by atoms with Crippen LogP contribution in [0.15, 0.2) is 58.4 Å². The van der Waals surface area contributed by atoms with E-state index in [1.54, 1.807) is 24.3 Å². The fraction of sp³-hybridized carbons (Fsp3) is 0.381. The monoisotopic (exact) mass is 546 g/mol. The lowest BCUT2D eigenvalue weighted by Gasteiger charge is -2.18. The van der Waals surface area contributed by atoms with Crippen LogP contribution < -0.4 is 20.1 Å². The Balaban J connectivity index is 0.00000450. The topological polar surface area (TPSA) is 91.8 Å². The second-order valence-electron chi connectivity index (χ2n) is 6.62. The number of hydrogen-bond donors (Lipinski definition) is 3. The maximum atomic E-state index is 11.8. The highest BCUT2D eigenvalue weighted by molar-refractivity contribution is 14.0. The molecule has 3 N–H and O–H groups in total.